The Balaban J connectivity index is 1.88. The zero-order valence-electron chi connectivity index (χ0n) is 9.93. The van der Waals surface area contributed by atoms with Crippen molar-refractivity contribution >= 4 is 10.0 Å². The Labute approximate surface area is 109 Å². The van der Waals surface area contributed by atoms with Crippen LogP contribution in [0.3, 0.4) is 0 Å². The molecule has 0 bridgehead atoms. The summed E-state index contributed by atoms with van der Waals surface area (Å²) in [4.78, 5) is 0.100. The molecule has 1 unspecified atom stereocenters. The molecule has 3 rings (SSSR count). The fourth-order valence-electron chi connectivity index (χ4n) is 2.35. The van der Waals surface area contributed by atoms with Gasteiger partial charge in [0.2, 0.25) is 10.0 Å². The predicted octanol–water partition coefficient (Wildman–Crippen LogP) is 1.51. The van der Waals surface area contributed by atoms with E-state index in [9.17, 15) is 12.8 Å². The minimum absolute atomic E-state index is 0.100. The fourth-order valence-corrected chi connectivity index (χ4v) is 3.50. The van der Waals surface area contributed by atoms with Gasteiger partial charge in [-0.25, -0.2) is 17.5 Å². The van der Waals surface area contributed by atoms with Gasteiger partial charge in [-0.2, -0.15) is 5.10 Å². The lowest BCUT2D eigenvalue weighted by molar-refractivity contribution is 0.554. The molecule has 100 valence electrons. The maximum Gasteiger partial charge on any atom is 0.244 e. The van der Waals surface area contributed by atoms with Crippen molar-refractivity contribution in [2.24, 2.45) is 0 Å². The van der Waals surface area contributed by atoms with Crippen molar-refractivity contribution < 1.29 is 12.8 Å². The van der Waals surface area contributed by atoms with E-state index >= 15 is 0 Å². The van der Waals surface area contributed by atoms with Crippen LogP contribution in [-0.4, -0.2) is 18.6 Å². The normalized spacial score (nSPS) is 18.5. The maximum absolute atomic E-state index is 13.1. The van der Waals surface area contributed by atoms with Crippen LogP contribution in [0.1, 0.15) is 23.6 Å². The van der Waals surface area contributed by atoms with Gasteiger partial charge >= 0.3 is 0 Å². The predicted molar refractivity (Wildman–Crippen MR) is 66.4 cm³/mol. The summed E-state index contributed by atoms with van der Waals surface area (Å²) in [5.74, 6) is -0.294. The smallest absolute Gasteiger partial charge is 0.244 e. The lowest BCUT2D eigenvalue weighted by Crippen LogP contribution is -2.27. The molecule has 19 heavy (non-hydrogen) atoms. The Hall–Kier alpha value is -1.73. The minimum atomic E-state index is -3.59. The summed E-state index contributed by atoms with van der Waals surface area (Å²) in [6.07, 6.45) is 3.88. The summed E-state index contributed by atoms with van der Waals surface area (Å²) < 4.78 is 39.9. The summed E-state index contributed by atoms with van der Waals surface area (Å²) in [5, 5.41) is 6.09. The van der Waals surface area contributed by atoms with E-state index in [1.165, 1.54) is 24.5 Å². The van der Waals surface area contributed by atoms with Gasteiger partial charge in [-0.1, -0.05) is 6.07 Å². The van der Waals surface area contributed by atoms with Gasteiger partial charge in [0, 0.05) is 12.2 Å². The van der Waals surface area contributed by atoms with Crippen LogP contribution in [0, 0.1) is 5.82 Å². The molecule has 0 radical (unpaired) electrons. The van der Waals surface area contributed by atoms with Gasteiger partial charge in [0.05, 0.1) is 6.20 Å². The second-order valence-electron chi connectivity index (χ2n) is 4.49. The first-order valence-corrected chi connectivity index (χ1v) is 7.34. The van der Waals surface area contributed by atoms with Crippen molar-refractivity contribution in [3.63, 3.8) is 0 Å². The van der Waals surface area contributed by atoms with Crippen LogP contribution in [0.5, 0.6) is 0 Å². The SMILES string of the molecule is O=S(=O)(NC1CCc2cc(F)ccc21)c1cn[nH]c1. The maximum atomic E-state index is 13.1. The molecular formula is C12H12FN3O2S. The van der Waals surface area contributed by atoms with E-state index in [1.54, 1.807) is 6.07 Å². The zero-order chi connectivity index (χ0) is 13.5. The van der Waals surface area contributed by atoms with E-state index in [-0.39, 0.29) is 16.8 Å². The lowest BCUT2D eigenvalue weighted by Gasteiger charge is -2.13. The summed E-state index contributed by atoms with van der Waals surface area (Å²) in [6.45, 7) is 0. The van der Waals surface area contributed by atoms with Gasteiger partial charge < -0.3 is 0 Å². The number of aryl methyl sites for hydroxylation is 1. The Morgan fingerprint density at radius 1 is 1.42 bits per heavy atom. The van der Waals surface area contributed by atoms with Gasteiger partial charge in [0.1, 0.15) is 10.7 Å². The first-order chi connectivity index (χ1) is 9.06. The number of nitrogens with one attached hydrogen (secondary N) is 2. The molecule has 0 amide bonds. The Morgan fingerprint density at radius 3 is 3.00 bits per heavy atom. The molecule has 0 aliphatic heterocycles. The number of aromatic amines is 1. The van der Waals surface area contributed by atoms with Crippen LogP contribution in [0.15, 0.2) is 35.5 Å². The average molecular weight is 281 g/mol. The Morgan fingerprint density at radius 2 is 2.26 bits per heavy atom. The number of hydrogen-bond donors (Lipinski definition) is 2. The molecule has 2 N–H and O–H groups in total. The first-order valence-electron chi connectivity index (χ1n) is 5.86. The number of hydrogen-bond acceptors (Lipinski definition) is 3. The molecule has 0 spiro atoms. The van der Waals surface area contributed by atoms with Crippen molar-refractivity contribution in [3.05, 3.63) is 47.5 Å². The van der Waals surface area contributed by atoms with Crippen LogP contribution in [0.4, 0.5) is 4.39 Å². The van der Waals surface area contributed by atoms with Gasteiger partial charge in [-0.05, 0) is 36.1 Å². The van der Waals surface area contributed by atoms with E-state index in [2.05, 4.69) is 14.9 Å². The molecule has 1 atom stereocenters. The van der Waals surface area contributed by atoms with Gasteiger partial charge in [0.15, 0.2) is 0 Å². The highest BCUT2D eigenvalue weighted by atomic mass is 32.2. The third-order valence-corrected chi connectivity index (χ3v) is 4.70. The number of fused-ring (bicyclic) bond motifs is 1. The topological polar surface area (TPSA) is 74.8 Å². The second-order valence-corrected chi connectivity index (χ2v) is 6.20. The molecule has 1 aromatic heterocycles. The van der Waals surface area contributed by atoms with Crippen LogP contribution in [-0.2, 0) is 16.4 Å². The van der Waals surface area contributed by atoms with Crippen LogP contribution >= 0.6 is 0 Å². The van der Waals surface area contributed by atoms with Crippen molar-refractivity contribution in [1.29, 1.82) is 0 Å². The van der Waals surface area contributed by atoms with Crippen LogP contribution in [0.2, 0.25) is 0 Å². The summed E-state index contributed by atoms with van der Waals surface area (Å²) in [6, 6.07) is 4.14. The van der Waals surface area contributed by atoms with E-state index in [4.69, 9.17) is 0 Å². The molecule has 7 heteroatoms. The molecule has 0 fully saturated rings. The lowest BCUT2D eigenvalue weighted by atomic mass is 10.1. The van der Waals surface area contributed by atoms with Crippen molar-refractivity contribution in [2.45, 2.75) is 23.8 Å². The van der Waals surface area contributed by atoms with Crippen molar-refractivity contribution in [3.8, 4) is 0 Å². The third-order valence-electron chi connectivity index (χ3n) is 3.26. The van der Waals surface area contributed by atoms with E-state index < -0.39 is 10.0 Å². The highest BCUT2D eigenvalue weighted by Crippen LogP contribution is 2.32. The van der Waals surface area contributed by atoms with Crippen molar-refractivity contribution in [2.75, 3.05) is 0 Å². The molecule has 1 aliphatic rings. The third kappa shape index (κ3) is 2.26. The van der Waals surface area contributed by atoms with Crippen LogP contribution in [0.25, 0.3) is 0 Å². The highest BCUT2D eigenvalue weighted by Gasteiger charge is 2.28. The fraction of sp³-hybridized carbons (Fsp3) is 0.250. The molecule has 1 aromatic carbocycles. The summed E-state index contributed by atoms with van der Waals surface area (Å²) in [7, 11) is -3.59. The second kappa shape index (κ2) is 4.43. The number of benzene rings is 1. The minimum Gasteiger partial charge on any atom is -0.284 e. The van der Waals surface area contributed by atoms with E-state index in [0.717, 1.165) is 11.1 Å². The van der Waals surface area contributed by atoms with Gasteiger partial charge in [-0.3, -0.25) is 5.10 Å². The number of nitrogens with zero attached hydrogens (tertiary/aromatic N) is 1. The Bertz CT molecular complexity index is 698. The quantitative estimate of drug-likeness (QED) is 0.895. The monoisotopic (exact) mass is 281 g/mol. The summed E-state index contributed by atoms with van der Waals surface area (Å²) >= 11 is 0. The molecular weight excluding hydrogens is 269 g/mol. The standard InChI is InChI=1S/C12H12FN3O2S/c13-9-2-3-11-8(5-9)1-4-12(11)16-19(17,18)10-6-14-15-7-10/h2-3,5-7,12,16H,1,4H2,(H,14,15). The van der Waals surface area contributed by atoms with Gasteiger partial charge in [0.25, 0.3) is 0 Å². The first kappa shape index (κ1) is 12.3. The summed E-state index contributed by atoms with van der Waals surface area (Å²) in [5.41, 5.74) is 1.70. The molecule has 1 aliphatic carbocycles. The Kier molecular flexibility index (Phi) is 2.87. The van der Waals surface area contributed by atoms with Crippen molar-refractivity contribution in [1.82, 2.24) is 14.9 Å². The van der Waals surface area contributed by atoms with Gasteiger partial charge in [-0.15, -0.1) is 0 Å². The molecule has 0 saturated heterocycles. The highest BCUT2D eigenvalue weighted by molar-refractivity contribution is 7.89. The van der Waals surface area contributed by atoms with E-state index in [0.29, 0.717) is 12.8 Å². The molecule has 2 aromatic rings. The molecule has 1 heterocycles. The number of H-pyrrole nitrogens is 1. The number of sulfonamides is 1. The molecule has 5 nitrogen and oxygen atoms in total. The number of halogens is 1. The average Bonchev–Trinajstić information content (AvgIpc) is 2.98. The molecule has 0 saturated carbocycles. The van der Waals surface area contributed by atoms with E-state index in [1.807, 2.05) is 0 Å². The van der Waals surface area contributed by atoms with Crippen LogP contribution < -0.4 is 4.72 Å². The zero-order valence-corrected chi connectivity index (χ0v) is 10.7. The number of rotatable bonds is 3. The largest absolute Gasteiger partial charge is 0.284 e. The number of aromatic nitrogens is 2.